The Kier molecular flexibility index (Phi) is 3.51. The molecule has 6 heteroatoms. The van der Waals surface area contributed by atoms with Crippen LogP contribution in [-0.2, 0) is 4.79 Å². The van der Waals surface area contributed by atoms with Crippen LogP contribution in [0, 0.1) is 0 Å². The summed E-state index contributed by atoms with van der Waals surface area (Å²) in [6.07, 6.45) is 2.83. The van der Waals surface area contributed by atoms with Crippen molar-refractivity contribution in [3.8, 4) is 0 Å². The normalized spacial score (nSPS) is 35.2. The largest absolute Gasteiger partial charge is 0.481 e. The van der Waals surface area contributed by atoms with E-state index in [4.69, 9.17) is 5.11 Å². The van der Waals surface area contributed by atoms with E-state index < -0.39 is 5.97 Å². The van der Waals surface area contributed by atoms with Crippen LogP contribution >= 0.6 is 11.8 Å². The summed E-state index contributed by atoms with van der Waals surface area (Å²) in [5, 5.41) is 14.9. The number of carboxylic acids is 1. The Morgan fingerprint density at radius 3 is 3.06 bits per heavy atom. The van der Waals surface area contributed by atoms with Crippen LogP contribution in [0.4, 0.5) is 4.79 Å². The third-order valence-electron chi connectivity index (χ3n) is 3.65. The van der Waals surface area contributed by atoms with Crippen LogP contribution in [0.5, 0.6) is 0 Å². The van der Waals surface area contributed by atoms with Crippen LogP contribution < -0.4 is 10.6 Å². The van der Waals surface area contributed by atoms with Gasteiger partial charge in [0, 0.05) is 17.4 Å². The third kappa shape index (κ3) is 2.51. The molecule has 2 aliphatic heterocycles. The van der Waals surface area contributed by atoms with E-state index in [2.05, 4.69) is 17.6 Å². The number of nitrogens with one attached hydrogen (secondary N) is 2. The number of urea groups is 1. The van der Waals surface area contributed by atoms with E-state index in [1.54, 1.807) is 0 Å². The molecule has 2 fully saturated rings. The number of carboxylic acid groups (broad SMARTS) is 1. The van der Waals surface area contributed by atoms with E-state index in [9.17, 15) is 9.59 Å². The Morgan fingerprint density at radius 1 is 1.59 bits per heavy atom. The van der Waals surface area contributed by atoms with Gasteiger partial charge < -0.3 is 15.7 Å². The van der Waals surface area contributed by atoms with Gasteiger partial charge in [-0.1, -0.05) is 6.42 Å². The molecular formula is C11H18N2O3S. The first-order valence-electron chi connectivity index (χ1n) is 5.94. The van der Waals surface area contributed by atoms with E-state index in [0.717, 1.165) is 18.6 Å². The zero-order valence-electron chi connectivity index (χ0n) is 9.86. The van der Waals surface area contributed by atoms with Crippen molar-refractivity contribution in [1.29, 1.82) is 0 Å². The van der Waals surface area contributed by atoms with Gasteiger partial charge >= 0.3 is 12.0 Å². The fourth-order valence-corrected chi connectivity index (χ4v) is 4.33. The molecule has 17 heavy (non-hydrogen) atoms. The van der Waals surface area contributed by atoms with Gasteiger partial charge in [0.05, 0.1) is 11.6 Å². The molecule has 0 bridgehead atoms. The monoisotopic (exact) mass is 258 g/mol. The predicted molar refractivity (Wildman–Crippen MR) is 66.2 cm³/mol. The third-order valence-corrected chi connectivity index (χ3v) is 5.31. The highest BCUT2D eigenvalue weighted by Gasteiger charge is 2.52. The van der Waals surface area contributed by atoms with E-state index in [1.165, 1.54) is 0 Å². The summed E-state index contributed by atoms with van der Waals surface area (Å²) in [6, 6.07) is 0.137. The lowest BCUT2D eigenvalue weighted by Crippen LogP contribution is -2.50. The molecule has 2 amide bonds. The summed E-state index contributed by atoms with van der Waals surface area (Å²) in [7, 11) is 0. The zero-order chi connectivity index (χ0) is 12.5. The minimum Gasteiger partial charge on any atom is -0.481 e. The van der Waals surface area contributed by atoms with E-state index in [-0.39, 0.29) is 24.0 Å². The summed E-state index contributed by atoms with van der Waals surface area (Å²) in [4.78, 5) is 21.7. The molecule has 0 aromatic rings. The van der Waals surface area contributed by atoms with E-state index in [1.807, 2.05) is 11.8 Å². The smallest absolute Gasteiger partial charge is 0.315 e. The van der Waals surface area contributed by atoms with Gasteiger partial charge in [0.25, 0.3) is 0 Å². The molecule has 0 saturated carbocycles. The Bertz CT molecular complexity index is 337. The maximum absolute atomic E-state index is 11.3. The number of hydrogen-bond acceptors (Lipinski definition) is 3. The molecule has 0 radical (unpaired) electrons. The second kappa shape index (κ2) is 4.76. The molecule has 3 atom stereocenters. The minimum atomic E-state index is -0.732. The quantitative estimate of drug-likeness (QED) is 0.511. The van der Waals surface area contributed by atoms with Gasteiger partial charge in [-0.05, 0) is 19.8 Å². The van der Waals surface area contributed by atoms with Crippen molar-refractivity contribution in [3.05, 3.63) is 0 Å². The molecule has 0 aromatic carbocycles. The lowest BCUT2D eigenvalue weighted by atomic mass is 9.89. The Labute approximate surface area is 105 Å². The number of carbonyl (C=O) groups excluding carboxylic acids is 1. The molecule has 5 nitrogen and oxygen atoms in total. The second-order valence-corrected chi connectivity index (χ2v) is 6.13. The van der Waals surface area contributed by atoms with Gasteiger partial charge in [0.15, 0.2) is 0 Å². The molecule has 2 aliphatic rings. The SMILES string of the molecule is C[C@]12NC(=O)N[C@H]1CS[C@H]2CCCCC(=O)O. The Balaban J connectivity index is 1.82. The standard InChI is InChI=1S/C11H18N2O3S/c1-11-7(12-10(16)13-11)6-17-8(11)4-2-3-5-9(14)15/h7-8H,2-6H2,1H3,(H,14,15)(H2,12,13,16)/t7-,8-,11-/m0/s1. The molecule has 3 N–H and O–H groups in total. The lowest BCUT2D eigenvalue weighted by molar-refractivity contribution is -0.137. The molecule has 0 aliphatic carbocycles. The highest BCUT2D eigenvalue weighted by molar-refractivity contribution is 8.00. The first kappa shape index (κ1) is 12.5. The van der Waals surface area contributed by atoms with Crippen molar-refractivity contribution in [3.63, 3.8) is 0 Å². The molecular weight excluding hydrogens is 240 g/mol. The minimum absolute atomic E-state index is 0.0756. The summed E-state index contributed by atoms with van der Waals surface area (Å²) in [6.45, 7) is 2.08. The topological polar surface area (TPSA) is 78.4 Å². The molecule has 2 rings (SSSR count). The maximum Gasteiger partial charge on any atom is 0.315 e. The van der Waals surface area contributed by atoms with Gasteiger partial charge in [-0.2, -0.15) is 11.8 Å². The van der Waals surface area contributed by atoms with Crippen molar-refractivity contribution >= 4 is 23.8 Å². The number of hydrogen-bond donors (Lipinski definition) is 3. The molecule has 2 heterocycles. The first-order chi connectivity index (χ1) is 8.02. The number of aliphatic carboxylic acids is 1. The van der Waals surface area contributed by atoms with Crippen molar-refractivity contribution in [2.75, 3.05) is 5.75 Å². The van der Waals surface area contributed by atoms with E-state index in [0.29, 0.717) is 11.7 Å². The first-order valence-corrected chi connectivity index (χ1v) is 6.99. The number of rotatable bonds is 5. The summed E-state index contributed by atoms with van der Waals surface area (Å²) >= 11 is 1.87. The van der Waals surface area contributed by atoms with Gasteiger partial charge in [0.2, 0.25) is 0 Å². The molecule has 96 valence electrons. The van der Waals surface area contributed by atoms with Crippen LogP contribution in [0.25, 0.3) is 0 Å². The molecule has 0 unspecified atom stereocenters. The fourth-order valence-electron chi connectivity index (χ4n) is 2.57. The molecule has 2 saturated heterocycles. The number of fused-ring (bicyclic) bond motifs is 1. The summed E-state index contributed by atoms with van der Waals surface area (Å²) < 4.78 is 0. The zero-order valence-corrected chi connectivity index (χ0v) is 10.7. The number of carbonyl (C=O) groups is 2. The predicted octanol–water partition coefficient (Wildman–Crippen LogP) is 1.19. The fraction of sp³-hybridized carbons (Fsp3) is 0.818. The van der Waals surface area contributed by atoms with Crippen LogP contribution in [0.3, 0.4) is 0 Å². The van der Waals surface area contributed by atoms with Crippen LogP contribution in [0.1, 0.15) is 32.6 Å². The Hall–Kier alpha value is -0.910. The van der Waals surface area contributed by atoms with Crippen molar-refractivity contribution in [2.24, 2.45) is 0 Å². The van der Waals surface area contributed by atoms with Crippen molar-refractivity contribution < 1.29 is 14.7 Å². The van der Waals surface area contributed by atoms with Gasteiger partial charge in [-0.15, -0.1) is 0 Å². The highest BCUT2D eigenvalue weighted by Crippen LogP contribution is 2.40. The van der Waals surface area contributed by atoms with Crippen LogP contribution in [-0.4, -0.2) is 39.7 Å². The van der Waals surface area contributed by atoms with Crippen LogP contribution in [0.2, 0.25) is 0 Å². The van der Waals surface area contributed by atoms with Gasteiger partial charge in [-0.3, -0.25) is 4.79 Å². The second-order valence-electron chi connectivity index (χ2n) is 4.90. The van der Waals surface area contributed by atoms with Gasteiger partial charge in [0.1, 0.15) is 0 Å². The lowest BCUT2D eigenvalue weighted by Gasteiger charge is -2.29. The van der Waals surface area contributed by atoms with Crippen molar-refractivity contribution in [1.82, 2.24) is 10.6 Å². The average Bonchev–Trinajstić information content (AvgIpc) is 2.66. The number of amides is 2. The summed E-state index contributed by atoms with van der Waals surface area (Å²) in [5.41, 5.74) is -0.162. The highest BCUT2D eigenvalue weighted by atomic mass is 32.2. The number of unbranched alkanes of at least 4 members (excludes halogenated alkanes) is 1. The Morgan fingerprint density at radius 2 is 2.35 bits per heavy atom. The maximum atomic E-state index is 11.3. The van der Waals surface area contributed by atoms with E-state index >= 15 is 0 Å². The average molecular weight is 258 g/mol. The number of thioether (sulfide) groups is 1. The molecule has 0 aromatic heterocycles. The van der Waals surface area contributed by atoms with Gasteiger partial charge in [-0.25, -0.2) is 4.79 Å². The molecule has 0 spiro atoms. The van der Waals surface area contributed by atoms with Crippen molar-refractivity contribution in [2.45, 2.75) is 49.4 Å². The summed E-state index contributed by atoms with van der Waals surface area (Å²) in [5.74, 6) is 0.211. The van der Waals surface area contributed by atoms with Crippen LogP contribution in [0.15, 0.2) is 0 Å².